The fourth-order valence-electron chi connectivity index (χ4n) is 0.951. The number of nitrogens with two attached hydrogens (primary N) is 1. The Bertz CT molecular complexity index is 330. The van der Waals surface area contributed by atoms with Gasteiger partial charge in [0, 0.05) is 18.7 Å². The zero-order chi connectivity index (χ0) is 10.8. The van der Waals surface area contributed by atoms with E-state index < -0.39 is 0 Å². The Morgan fingerprint density at radius 2 is 2.21 bits per heavy atom. The lowest BCUT2D eigenvalue weighted by Gasteiger charge is -2.16. The number of aryl methyl sites for hydroxylation is 1. The number of aromatic nitrogens is 2. The van der Waals surface area contributed by atoms with Gasteiger partial charge >= 0.3 is 0 Å². The Hall–Kier alpha value is -1.32. The number of hydrogen-bond acceptors (Lipinski definition) is 2. The molecule has 0 aliphatic carbocycles. The van der Waals surface area contributed by atoms with Gasteiger partial charge in [0.25, 0.3) is 0 Å². The Balaban J connectivity index is 2.64. The molecular weight excluding hydrogens is 176 g/mol. The third-order valence-electron chi connectivity index (χ3n) is 1.95. The average Bonchev–Trinajstić information content (AvgIpc) is 2.45. The van der Waals surface area contributed by atoms with Gasteiger partial charge in [0.15, 0.2) is 0 Å². The van der Waals surface area contributed by atoms with Gasteiger partial charge in [0.05, 0.1) is 18.1 Å². The van der Waals surface area contributed by atoms with Crippen LogP contribution in [0, 0.1) is 5.41 Å². The molecule has 0 unspecified atom stereocenters. The lowest BCUT2D eigenvalue weighted by atomic mass is 9.95. The van der Waals surface area contributed by atoms with E-state index in [9.17, 15) is 0 Å². The van der Waals surface area contributed by atoms with Gasteiger partial charge in [-0.15, -0.1) is 0 Å². The summed E-state index contributed by atoms with van der Waals surface area (Å²) in [4.78, 5) is 4.30. The van der Waals surface area contributed by atoms with Gasteiger partial charge in [-0.25, -0.2) is 0 Å². The molecule has 0 amide bonds. The highest BCUT2D eigenvalue weighted by Crippen LogP contribution is 2.13. The minimum absolute atomic E-state index is 0.0607. The molecule has 0 aromatic carbocycles. The first-order chi connectivity index (χ1) is 6.39. The number of amidine groups is 1. The van der Waals surface area contributed by atoms with E-state index >= 15 is 0 Å². The number of hydrogen-bond donors (Lipinski definition) is 1. The van der Waals surface area contributed by atoms with Crippen LogP contribution in [0.15, 0.2) is 17.3 Å². The SMILES string of the molecule is Cn1ccc(CN=C(N)C(C)(C)C)n1. The van der Waals surface area contributed by atoms with Gasteiger partial charge in [-0.2, -0.15) is 5.10 Å². The maximum absolute atomic E-state index is 5.82. The molecule has 1 aromatic rings. The van der Waals surface area contributed by atoms with Gasteiger partial charge < -0.3 is 5.73 Å². The van der Waals surface area contributed by atoms with Crippen molar-refractivity contribution in [2.24, 2.45) is 23.2 Å². The summed E-state index contributed by atoms with van der Waals surface area (Å²) in [6, 6.07) is 1.94. The van der Waals surface area contributed by atoms with E-state index in [0.717, 1.165) is 5.69 Å². The second kappa shape index (κ2) is 3.82. The minimum atomic E-state index is -0.0607. The van der Waals surface area contributed by atoms with Gasteiger partial charge in [0.2, 0.25) is 0 Å². The minimum Gasteiger partial charge on any atom is -0.387 e. The van der Waals surface area contributed by atoms with E-state index in [1.807, 2.05) is 40.1 Å². The van der Waals surface area contributed by atoms with Crippen molar-refractivity contribution in [1.29, 1.82) is 0 Å². The van der Waals surface area contributed by atoms with Crippen molar-refractivity contribution in [2.45, 2.75) is 27.3 Å². The largest absolute Gasteiger partial charge is 0.387 e. The van der Waals surface area contributed by atoms with Crippen LogP contribution >= 0.6 is 0 Å². The smallest absolute Gasteiger partial charge is 0.0996 e. The quantitative estimate of drug-likeness (QED) is 0.570. The number of aliphatic imine (C=N–C) groups is 1. The first-order valence-corrected chi connectivity index (χ1v) is 4.68. The molecule has 14 heavy (non-hydrogen) atoms. The predicted molar refractivity (Wildman–Crippen MR) is 58.0 cm³/mol. The first-order valence-electron chi connectivity index (χ1n) is 4.68. The predicted octanol–water partition coefficient (Wildman–Crippen LogP) is 1.32. The van der Waals surface area contributed by atoms with Crippen LogP contribution in [-0.2, 0) is 13.6 Å². The molecule has 0 bridgehead atoms. The van der Waals surface area contributed by atoms with Gasteiger partial charge in [0.1, 0.15) is 0 Å². The fourth-order valence-corrected chi connectivity index (χ4v) is 0.951. The molecule has 4 nitrogen and oxygen atoms in total. The fraction of sp³-hybridized carbons (Fsp3) is 0.600. The lowest BCUT2D eigenvalue weighted by molar-refractivity contribution is 0.580. The summed E-state index contributed by atoms with van der Waals surface area (Å²) in [5.74, 6) is 0.670. The lowest BCUT2D eigenvalue weighted by Crippen LogP contribution is -2.29. The maximum Gasteiger partial charge on any atom is 0.0996 e. The molecule has 0 saturated heterocycles. The molecular formula is C10H18N4. The summed E-state index contributed by atoms with van der Waals surface area (Å²) in [6.45, 7) is 6.70. The van der Waals surface area contributed by atoms with Crippen LogP contribution in [0.3, 0.4) is 0 Å². The zero-order valence-electron chi connectivity index (χ0n) is 9.28. The van der Waals surface area contributed by atoms with Crippen LogP contribution in [0.4, 0.5) is 0 Å². The van der Waals surface area contributed by atoms with Crippen molar-refractivity contribution < 1.29 is 0 Å². The Morgan fingerprint density at radius 3 is 2.64 bits per heavy atom. The Morgan fingerprint density at radius 1 is 1.57 bits per heavy atom. The molecule has 0 aliphatic rings. The van der Waals surface area contributed by atoms with E-state index in [2.05, 4.69) is 10.1 Å². The Kier molecular flexibility index (Phi) is 2.93. The highest BCUT2D eigenvalue weighted by molar-refractivity contribution is 5.85. The van der Waals surface area contributed by atoms with E-state index in [-0.39, 0.29) is 5.41 Å². The van der Waals surface area contributed by atoms with E-state index in [0.29, 0.717) is 12.4 Å². The van der Waals surface area contributed by atoms with Gasteiger partial charge in [-0.3, -0.25) is 9.67 Å². The summed E-state index contributed by atoms with van der Waals surface area (Å²) < 4.78 is 1.76. The molecule has 2 N–H and O–H groups in total. The molecule has 0 atom stereocenters. The second-order valence-corrected chi connectivity index (χ2v) is 4.43. The van der Waals surface area contributed by atoms with E-state index in [4.69, 9.17) is 5.73 Å². The van der Waals surface area contributed by atoms with E-state index in [1.165, 1.54) is 0 Å². The molecule has 0 aliphatic heterocycles. The Labute approximate surface area is 84.8 Å². The summed E-state index contributed by atoms with van der Waals surface area (Å²) >= 11 is 0. The number of nitrogens with zero attached hydrogens (tertiary/aromatic N) is 3. The third-order valence-corrected chi connectivity index (χ3v) is 1.95. The topological polar surface area (TPSA) is 56.2 Å². The first kappa shape index (κ1) is 10.8. The monoisotopic (exact) mass is 194 g/mol. The molecule has 0 saturated carbocycles. The van der Waals surface area contributed by atoms with Crippen LogP contribution < -0.4 is 5.73 Å². The summed E-state index contributed by atoms with van der Waals surface area (Å²) in [7, 11) is 1.89. The van der Waals surface area contributed by atoms with Crippen molar-refractivity contribution in [3.63, 3.8) is 0 Å². The standard InChI is InChI=1S/C10H18N4/c1-10(2,3)9(11)12-7-8-5-6-14(4)13-8/h5-6H,7H2,1-4H3,(H2,11,12). The van der Waals surface area contributed by atoms with Crippen LogP contribution in [0.2, 0.25) is 0 Å². The van der Waals surface area contributed by atoms with E-state index in [1.54, 1.807) is 4.68 Å². The van der Waals surface area contributed by atoms with Crippen molar-refractivity contribution in [1.82, 2.24) is 9.78 Å². The highest BCUT2D eigenvalue weighted by Gasteiger charge is 2.14. The molecule has 4 heteroatoms. The maximum atomic E-state index is 5.82. The molecule has 78 valence electrons. The summed E-state index contributed by atoms with van der Waals surface area (Å²) in [6.07, 6.45) is 1.90. The van der Waals surface area contributed by atoms with Crippen LogP contribution in [0.1, 0.15) is 26.5 Å². The summed E-state index contributed by atoms with van der Waals surface area (Å²) in [5, 5.41) is 4.22. The normalized spacial score (nSPS) is 13.3. The van der Waals surface area contributed by atoms with Crippen molar-refractivity contribution in [2.75, 3.05) is 0 Å². The van der Waals surface area contributed by atoms with Gasteiger partial charge in [-0.05, 0) is 6.07 Å². The third kappa shape index (κ3) is 2.87. The molecule has 0 radical (unpaired) electrons. The van der Waals surface area contributed by atoms with Gasteiger partial charge in [-0.1, -0.05) is 20.8 Å². The molecule has 1 rings (SSSR count). The van der Waals surface area contributed by atoms with Crippen molar-refractivity contribution in [3.8, 4) is 0 Å². The highest BCUT2D eigenvalue weighted by atomic mass is 15.2. The molecule has 0 fully saturated rings. The molecule has 0 spiro atoms. The van der Waals surface area contributed by atoms with Crippen LogP contribution in [0.25, 0.3) is 0 Å². The van der Waals surface area contributed by atoms with Crippen molar-refractivity contribution >= 4 is 5.84 Å². The number of rotatable bonds is 2. The molecule has 1 heterocycles. The summed E-state index contributed by atoms with van der Waals surface area (Å²) in [5.41, 5.74) is 6.70. The van der Waals surface area contributed by atoms with Crippen molar-refractivity contribution in [3.05, 3.63) is 18.0 Å². The molecule has 1 aromatic heterocycles. The average molecular weight is 194 g/mol. The van der Waals surface area contributed by atoms with Crippen LogP contribution in [-0.4, -0.2) is 15.6 Å². The second-order valence-electron chi connectivity index (χ2n) is 4.43. The van der Waals surface area contributed by atoms with Crippen LogP contribution in [0.5, 0.6) is 0 Å². The zero-order valence-corrected chi connectivity index (χ0v) is 9.28.